The fourth-order valence-electron chi connectivity index (χ4n) is 6.10. The summed E-state index contributed by atoms with van der Waals surface area (Å²) < 4.78 is 11.9. The van der Waals surface area contributed by atoms with E-state index >= 15 is 0 Å². The van der Waals surface area contributed by atoms with Crippen molar-refractivity contribution in [2.75, 3.05) is 76.4 Å². The number of hydrogen-bond acceptors (Lipinski definition) is 8. The van der Waals surface area contributed by atoms with Crippen LogP contribution in [0.1, 0.15) is 24.1 Å². The summed E-state index contributed by atoms with van der Waals surface area (Å²) in [5.74, 6) is 0.776. The smallest absolute Gasteiger partial charge is 0.318 e. The van der Waals surface area contributed by atoms with Gasteiger partial charge in [-0.15, -0.1) is 0 Å². The average Bonchev–Trinajstić information content (AvgIpc) is 3.87. The molecule has 2 fully saturated rings. The first-order chi connectivity index (χ1) is 21.9. The van der Waals surface area contributed by atoms with E-state index in [1.54, 1.807) is 6.08 Å². The van der Waals surface area contributed by atoms with Crippen molar-refractivity contribution in [1.82, 2.24) is 19.8 Å². The predicted octanol–water partition coefficient (Wildman–Crippen LogP) is 4.46. The molecule has 0 N–H and O–H groups in total. The van der Waals surface area contributed by atoms with Crippen molar-refractivity contribution in [2.24, 2.45) is 0 Å². The second kappa shape index (κ2) is 14.0. The average molecular weight is 630 g/mol. The van der Waals surface area contributed by atoms with E-state index in [1.807, 2.05) is 42.1 Å². The van der Waals surface area contributed by atoms with Gasteiger partial charge in [-0.05, 0) is 50.9 Å². The Morgan fingerprint density at radius 1 is 1.11 bits per heavy atom. The summed E-state index contributed by atoms with van der Waals surface area (Å²) in [6.45, 7) is 12.4. The van der Waals surface area contributed by atoms with Crippen molar-refractivity contribution in [3.63, 3.8) is 0 Å². The Labute approximate surface area is 270 Å². The molecule has 11 heteroatoms. The van der Waals surface area contributed by atoms with E-state index in [-0.39, 0.29) is 18.5 Å². The number of benzene rings is 2. The monoisotopic (exact) mass is 629 g/mol. The van der Waals surface area contributed by atoms with Gasteiger partial charge in [-0.25, -0.2) is 6.57 Å². The summed E-state index contributed by atoms with van der Waals surface area (Å²) in [6, 6.07) is 12.3. The summed E-state index contributed by atoms with van der Waals surface area (Å²) in [5.41, 5.74) is 3.09. The van der Waals surface area contributed by atoms with E-state index in [0.29, 0.717) is 58.1 Å². The third-order valence-corrected chi connectivity index (χ3v) is 8.80. The molecule has 45 heavy (non-hydrogen) atoms. The molecule has 2 aliphatic heterocycles. The highest BCUT2D eigenvalue weighted by atomic mass is 35.5. The van der Waals surface area contributed by atoms with Crippen molar-refractivity contribution < 1.29 is 14.3 Å². The molecule has 6 rings (SSSR count). The Balaban J connectivity index is 1.27. The lowest BCUT2D eigenvalue weighted by molar-refractivity contribution is -0.128. The highest BCUT2D eigenvalue weighted by Gasteiger charge is 2.35. The topological polar surface area (TPSA) is 78.6 Å². The summed E-state index contributed by atoms with van der Waals surface area (Å²) >= 11 is 6.70. The van der Waals surface area contributed by atoms with Crippen LogP contribution in [0.15, 0.2) is 48.6 Å². The largest absolute Gasteiger partial charge is 0.461 e. The minimum absolute atomic E-state index is 0.0565. The lowest BCUT2D eigenvalue weighted by atomic mass is 10.0. The van der Waals surface area contributed by atoms with Crippen molar-refractivity contribution in [3.05, 3.63) is 76.2 Å². The van der Waals surface area contributed by atoms with E-state index in [4.69, 9.17) is 37.6 Å². The molecule has 1 atom stereocenters. The van der Waals surface area contributed by atoms with Crippen molar-refractivity contribution >= 4 is 39.8 Å². The van der Waals surface area contributed by atoms with Gasteiger partial charge < -0.3 is 33.9 Å². The van der Waals surface area contributed by atoms with Crippen LogP contribution < -0.4 is 14.5 Å². The van der Waals surface area contributed by atoms with Crippen molar-refractivity contribution in [3.8, 4) is 6.01 Å². The van der Waals surface area contributed by atoms with E-state index < -0.39 is 0 Å². The van der Waals surface area contributed by atoms with E-state index in [0.717, 1.165) is 64.4 Å². The van der Waals surface area contributed by atoms with E-state index in [1.165, 1.54) is 0 Å². The molecule has 0 bridgehead atoms. The van der Waals surface area contributed by atoms with Crippen LogP contribution in [0.25, 0.3) is 15.6 Å². The SMILES string of the molecule is [C-]#[N+]C[C@H]1CN(c2nc(OCCOC3CC3)nc3c2CCN(c2cccc4cccc(Cl)c24)C3)CCN1C(=O)/C=C/CN(C)C. The number of halogens is 1. The Kier molecular flexibility index (Phi) is 9.69. The third kappa shape index (κ3) is 7.33. The number of carbonyl (C=O) groups excluding carboxylic acids is 1. The number of likely N-dealkylation sites (N-methyl/N-ethyl adjacent to an activating group) is 1. The molecule has 1 amide bonds. The molecule has 0 radical (unpaired) electrons. The zero-order chi connectivity index (χ0) is 31.3. The molecule has 3 heterocycles. The minimum Gasteiger partial charge on any atom is -0.461 e. The molecule has 1 saturated carbocycles. The number of ether oxygens (including phenoxy) is 2. The minimum atomic E-state index is -0.243. The van der Waals surface area contributed by atoms with Crippen molar-refractivity contribution in [1.29, 1.82) is 0 Å². The summed E-state index contributed by atoms with van der Waals surface area (Å²) in [5, 5.41) is 2.87. The van der Waals surface area contributed by atoms with Gasteiger partial charge in [-0.3, -0.25) is 4.79 Å². The van der Waals surface area contributed by atoms with Crippen LogP contribution >= 0.6 is 11.6 Å². The van der Waals surface area contributed by atoms with Gasteiger partial charge in [0.1, 0.15) is 18.5 Å². The number of nitrogens with zero attached hydrogens (tertiary/aromatic N) is 7. The summed E-state index contributed by atoms with van der Waals surface area (Å²) in [4.78, 5) is 35.0. The van der Waals surface area contributed by atoms with Gasteiger partial charge >= 0.3 is 6.01 Å². The maximum absolute atomic E-state index is 13.1. The molecule has 236 valence electrons. The number of fused-ring (bicyclic) bond motifs is 2. The van der Waals surface area contributed by atoms with E-state index in [9.17, 15) is 4.79 Å². The Morgan fingerprint density at radius 2 is 1.93 bits per heavy atom. The molecular formula is C34H40ClN7O3. The highest BCUT2D eigenvalue weighted by Crippen LogP contribution is 2.37. The molecule has 0 unspecified atom stereocenters. The van der Waals surface area contributed by atoms with Crippen LogP contribution in [0.2, 0.25) is 5.02 Å². The fourth-order valence-corrected chi connectivity index (χ4v) is 6.38. The van der Waals surface area contributed by atoms with Gasteiger partial charge in [0.2, 0.25) is 12.5 Å². The van der Waals surface area contributed by atoms with Gasteiger partial charge in [-0.2, -0.15) is 9.97 Å². The molecule has 3 aliphatic rings. The molecule has 0 spiro atoms. The number of rotatable bonds is 11. The number of aromatic nitrogens is 2. The molecule has 1 saturated heterocycles. The maximum Gasteiger partial charge on any atom is 0.318 e. The lowest BCUT2D eigenvalue weighted by Crippen LogP contribution is -2.56. The first kappa shape index (κ1) is 31.1. The van der Waals surface area contributed by atoms with Gasteiger partial charge in [0, 0.05) is 55.4 Å². The van der Waals surface area contributed by atoms with Gasteiger partial charge in [0.15, 0.2) is 0 Å². The van der Waals surface area contributed by atoms with Gasteiger partial charge in [0.05, 0.1) is 30.0 Å². The van der Waals surface area contributed by atoms with Crippen molar-refractivity contribution in [2.45, 2.75) is 38.0 Å². The number of anilines is 2. The standard InChI is InChI=1S/C34H40ClN7O3/c1-36-21-25-22-41(17-18-42(25)31(43)11-6-15-39(2)3)33-27-14-16-40(30-10-5-8-24-7-4-9-28(35)32(24)30)23-29(27)37-34(38-33)45-20-19-44-26-12-13-26/h4-11,25-26H,12-23H2,2-3H3/b11-6+/t25-/m0/s1. The molecule has 3 aromatic rings. The maximum atomic E-state index is 13.1. The van der Waals surface area contributed by atoms with Crippen LogP contribution in [-0.2, 0) is 22.5 Å². The van der Waals surface area contributed by atoms with Crippen LogP contribution in [0.3, 0.4) is 0 Å². The Hall–Kier alpha value is -3.91. The second-order valence-corrected chi connectivity index (χ2v) is 12.5. The number of amides is 1. The zero-order valence-corrected chi connectivity index (χ0v) is 26.7. The quantitative estimate of drug-likeness (QED) is 0.175. The van der Waals surface area contributed by atoms with E-state index in [2.05, 4.69) is 38.9 Å². The summed E-state index contributed by atoms with van der Waals surface area (Å²) in [6.07, 6.45) is 6.82. The van der Waals surface area contributed by atoms with Crippen LogP contribution in [0.4, 0.5) is 11.5 Å². The fraction of sp³-hybridized carbons (Fsp3) is 0.471. The normalized spacial score (nSPS) is 18.5. The lowest BCUT2D eigenvalue weighted by Gasteiger charge is -2.41. The Morgan fingerprint density at radius 3 is 2.71 bits per heavy atom. The predicted molar refractivity (Wildman–Crippen MR) is 177 cm³/mol. The van der Waals surface area contributed by atoms with Gasteiger partial charge in [0.25, 0.3) is 0 Å². The first-order valence-corrected chi connectivity index (χ1v) is 16.1. The highest BCUT2D eigenvalue weighted by molar-refractivity contribution is 6.36. The molecular weight excluding hydrogens is 590 g/mol. The molecule has 10 nitrogen and oxygen atoms in total. The summed E-state index contributed by atoms with van der Waals surface area (Å²) in [7, 11) is 3.93. The van der Waals surface area contributed by atoms with Crippen LogP contribution in [0.5, 0.6) is 6.01 Å². The number of carbonyl (C=O) groups is 1. The molecule has 1 aliphatic carbocycles. The first-order valence-electron chi connectivity index (χ1n) is 15.7. The number of hydrogen-bond donors (Lipinski definition) is 0. The van der Waals surface area contributed by atoms with Gasteiger partial charge in [-0.1, -0.05) is 41.9 Å². The van der Waals surface area contributed by atoms with Crippen LogP contribution in [-0.4, -0.2) is 104 Å². The third-order valence-electron chi connectivity index (χ3n) is 8.49. The van der Waals surface area contributed by atoms with Crippen LogP contribution in [0, 0.1) is 6.57 Å². The zero-order valence-electron chi connectivity index (χ0n) is 26.0. The Bertz CT molecular complexity index is 1600. The number of piperazine rings is 1. The second-order valence-electron chi connectivity index (χ2n) is 12.1. The molecule has 1 aromatic heterocycles. The molecule has 2 aromatic carbocycles.